The fourth-order valence-electron chi connectivity index (χ4n) is 2.75. The highest BCUT2D eigenvalue weighted by Gasteiger charge is 2.06. The number of benzene rings is 2. The van der Waals surface area contributed by atoms with E-state index in [4.69, 9.17) is 4.74 Å². The van der Waals surface area contributed by atoms with Crippen molar-refractivity contribution in [2.75, 3.05) is 13.2 Å². The van der Waals surface area contributed by atoms with Crippen LogP contribution in [0.5, 0.6) is 5.75 Å². The summed E-state index contributed by atoms with van der Waals surface area (Å²) in [6, 6.07) is 13.0. The van der Waals surface area contributed by atoms with Gasteiger partial charge in [0.1, 0.15) is 11.6 Å². The van der Waals surface area contributed by atoms with E-state index in [1.54, 1.807) is 30.3 Å². The zero-order valence-electron chi connectivity index (χ0n) is 15.4. The maximum Gasteiger partial charge on any atom is 0.261 e. The summed E-state index contributed by atoms with van der Waals surface area (Å²) in [5.74, 6) is 0.219. The molecule has 1 aromatic heterocycles. The van der Waals surface area contributed by atoms with E-state index in [1.807, 2.05) is 6.07 Å². The van der Waals surface area contributed by atoms with Gasteiger partial charge in [0.25, 0.3) is 5.56 Å². The first kappa shape index (κ1) is 19.5. The summed E-state index contributed by atoms with van der Waals surface area (Å²) in [4.78, 5) is 28.6. The van der Waals surface area contributed by atoms with Gasteiger partial charge in [-0.2, -0.15) is 0 Å². The van der Waals surface area contributed by atoms with E-state index < -0.39 is 0 Å². The van der Waals surface area contributed by atoms with Gasteiger partial charge in [0.05, 0.1) is 23.8 Å². The molecule has 146 valence electrons. The third kappa shape index (κ3) is 5.39. The highest BCUT2D eigenvalue weighted by molar-refractivity contribution is 5.77. The minimum Gasteiger partial charge on any atom is -0.494 e. The molecule has 0 saturated heterocycles. The summed E-state index contributed by atoms with van der Waals surface area (Å²) in [5.41, 5.74) is 0.507. The smallest absolute Gasteiger partial charge is 0.261 e. The lowest BCUT2D eigenvalue weighted by molar-refractivity contribution is -0.121. The Morgan fingerprint density at radius 2 is 1.89 bits per heavy atom. The molecule has 0 fully saturated rings. The molecule has 0 aliphatic rings. The third-order valence-electron chi connectivity index (χ3n) is 4.29. The van der Waals surface area contributed by atoms with Crippen molar-refractivity contribution in [3.8, 4) is 5.75 Å². The molecule has 0 unspecified atom stereocenters. The van der Waals surface area contributed by atoms with Gasteiger partial charge in [0.15, 0.2) is 0 Å². The van der Waals surface area contributed by atoms with Crippen molar-refractivity contribution in [1.29, 1.82) is 0 Å². The number of unbranched alkanes of at least 4 members (excludes halogenated alkanes) is 1. The van der Waals surface area contributed by atoms with Crippen LogP contribution in [0.15, 0.2) is 59.7 Å². The maximum absolute atomic E-state index is 12.8. The number of nitrogens with one attached hydrogen (secondary N) is 1. The molecule has 0 atom stereocenters. The number of carbonyl (C=O) groups is 1. The van der Waals surface area contributed by atoms with E-state index in [0.717, 1.165) is 12.8 Å². The Morgan fingerprint density at radius 3 is 2.71 bits per heavy atom. The fraction of sp³-hybridized carbons (Fsp3) is 0.286. The summed E-state index contributed by atoms with van der Waals surface area (Å²) in [5, 5.41) is 3.38. The Kier molecular flexibility index (Phi) is 6.73. The summed E-state index contributed by atoms with van der Waals surface area (Å²) >= 11 is 0. The van der Waals surface area contributed by atoms with Gasteiger partial charge in [-0.3, -0.25) is 14.2 Å². The van der Waals surface area contributed by atoms with Crippen molar-refractivity contribution in [2.45, 2.75) is 25.8 Å². The molecule has 0 saturated carbocycles. The van der Waals surface area contributed by atoms with Crippen LogP contribution in [-0.4, -0.2) is 28.6 Å². The van der Waals surface area contributed by atoms with Crippen molar-refractivity contribution in [2.24, 2.45) is 0 Å². The number of aromatic nitrogens is 2. The Bertz CT molecular complexity index is 986. The van der Waals surface area contributed by atoms with Gasteiger partial charge in [-0.25, -0.2) is 9.37 Å². The predicted molar refractivity (Wildman–Crippen MR) is 105 cm³/mol. The number of fused-ring (bicyclic) bond motifs is 1. The lowest BCUT2D eigenvalue weighted by Crippen LogP contribution is -2.28. The first-order chi connectivity index (χ1) is 13.6. The molecule has 0 radical (unpaired) electrons. The van der Waals surface area contributed by atoms with E-state index in [-0.39, 0.29) is 30.2 Å². The number of aryl methyl sites for hydroxylation is 1. The van der Waals surface area contributed by atoms with E-state index >= 15 is 0 Å². The summed E-state index contributed by atoms with van der Waals surface area (Å²) in [7, 11) is 0. The molecule has 28 heavy (non-hydrogen) atoms. The minimum atomic E-state index is -0.295. The Balaban J connectivity index is 1.34. The molecule has 1 N–H and O–H groups in total. The van der Waals surface area contributed by atoms with Gasteiger partial charge in [-0.15, -0.1) is 0 Å². The van der Waals surface area contributed by atoms with Crippen LogP contribution < -0.4 is 15.6 Å². The van der Waals surface area contributed by atoms with Crippen LogP contribution in [0, 0.1) is 5.82 Å². The molecule has 3 rings (SSSR count). The number of rotatable bonds is 9. The Hall–Kier alpha value is -3.22. The topological polar surface area (TPSA) is 73.2 Å². The summed E-state index contributed by atoms with van der Waals surface area (Å²) in [6.45, 7) is 1.33. The lowest BCUT2D eigenvalue weighted by Gasteiger charge is -2.08. The molecular weight excluding hydrogens is 361 g/mol. The molecule has 6 nitrogen and oxygen atoms in total. The van der Waals surface area contributed by atoms with Crippen LogP contribution in [0.25, 0.3) is 10.9 Å². The second-order valence-corrected chi connectivity index (χ2v) is 6.37. The molecular formula is C21H22FN3O3. The summed E-state index contributed by atoms with van der Waals surface area (Å²) < 4.78 is 19.7. The van der Waals surface area contributed by atoms with Gasteiger partial charge in [0, 0.05) is 19.5 Å². The van der Waals surface area contributed by atoms with Gasteiger partial charge >= 0.3 is 0 Å². The Morgan fingerprint density at radius 1 is 1.11 bits per heavy atom. The number of ether oxygens (including phenoxy) is 1. The number of nitrogens with zero attached hydrogens (tertiary/aromatic N) is 2. The molecule has 0 bridgehead atoms. The molecule has 1 amide bonds. The van der Waals surface area contributed by atoms with Crippen molar-refractivity contribution >= 4 is 16.8 Å². The van der Waals surface area contributed by atoms with Crippen molar-refractivity contribution in [3.05, 3.63) is 71.0 Å². The highest BCUT2D eigenvalue weighted by atomic mass is 19.1. The molecule has 7 heteroatoms. The number of hydrogen-bond acceptors (Lipinski definition) is 4. The average Bonchev–Trinajstić information content (AvgIpc) is 2.71. The van der Waals surface area contributed by atoms with Gasteiger partial charge in [0.2, 0.25) is 5.91 Å². The van der Waals surface area contributed by atoms with Crippen LogP contribution >= 0.6 is 0 Å². The van der Waals surface area contributed by atoms with Crippen LogP contribution in [0.3, 0.4) is 0 Å². The van der Waals surface area contributed by atoms with Gasteiger partial charge in [-0.1, -0.05) is 12.1 Å². The fourth-order valence-corrected chi connectivity index (χ4v) is 2.75. The van der Waals surface area contributed by atoms with Crippen molar-refractivity contribution < 1.29 is 13.9 Å². The van der Waals surface area contributed by atoms with Crippen LogP contribution in [0.1, 0.15) is 19.3 Å². The second-order valence-electron chi connectivity index (χ2n) is 6.37. The standard InChI is InChI=1S/C21H22FN3O3/c22-16-7-9-17(10-8-16)28-14-4-3-12-23-20(26)11-13-25-15-24-19-6-2-1-5-18(19)21(25)27/h1-2,5-10,15H,3-4,11-14H2,(H,23,26). The van der Waals surface area contributed by atoms with Crippen molar-refractivity contribution in [3.63, 3.8) is 0 Å². The van der Waals surface area contributed by atoms with Gasteiger partial charge < -0.3 is 10.1 Å². The first-order valence-corrected chi connectivity index (χ1v) is 9.23. The first-order valence-electron chi connectivity index (χ1n) is 9.23. The second kappa shape index (κ2) is 9.64. The normalized spacial score (nSPS) is 10.8. The van der Waals surface area contributed by atoms with E-state index in [9.17, 15) is 14.0 Å². The third-order valence-corrected chi connectivity index (χ3v) is 4.29. The minimum absolute atomic E-state index is 0.112. The zero-order valence-corrected chi connectivity index (χ0v) is 15.4. The molecule has 0 spiro atoms. The van der Waals surface area contributed by atoms with E-state index in [1.165, 1.54) is 23.0 Å². The monoisotopic (exact) mass is 383 g/mol. The number of para-hydroxylation sites is 1. The van der Waals surface area contributed by atoms with Crippen LogP contribution in [0.2, 0.25) is 0 Å². The van der Waals surface area contributed by atoms with Gasteiger partial charge in [-0.05, 0) is 49.2 Å². The molecule has 0 aliphatic heterocycles. The lowest BCUT2D eigenvalue weighted by atomic mass is 10.2. The SMILES string of the molecule is O=C(CCn1cnc2ccccc2c1=O)NCCCCOc1ccc(F)cc1. The van der Waals surface area contributed by atoms with E-state index in [2.05, 4.69) is 10.3 Å². The van der Waals surface area contributed by atoms with Crippen LogP contribution in [-0.2, 0) is 11.3 Å². The predicted octanol–water partition coefficient (Wildman–Crippen LogP) is 2.90. The Labute approximate surface area is 162 Å². The quantitative estimate of drug-likeness (QED) is 0.577. The van der Waals surface area contributed by atoms with E-state index in [0.29, 0.717) is 29.8 Å². The molecule has 2 aromatic carbocycles. The largest absolute Gasteiger partial charge is 0.494 e. The molecule has 0 aliphatic carbocycles. The molecule has 3 aromatic rings. The van der Waals surface area contributed by atoms with Crippen LogP contribution in [0.4, 0.5) is 4.39 Å². The maximum atomic E-state index is 12.8. The number of hydrogen-bond donors (Lipinski definition) is 1. The number of carbonyl (C=O) groups excluding carboxylic acids is 1. The van der Waals surface area contributed by atoms with Crippen molar-refractivity contribution in [1.82, 2.24) is 14.9 Å². The number of halogens is 1. The molecule has 1 heterocycles. The highest BCUT2D eigenvalue weighted by Crippen LogP contribution is 2.11. The number of amides is 1. The average molecular weight is 383 g/mol. The zero-order chi connectivity index (χ0) is 19.8. The summed E-state index contributed by atoms with van der Waals surface area (Å²) in [6.07, 6.45) is 3.23.